The Morgan fingerprint density at radius 3 is 2.47 bits per heavy atom. The van der Waals surface area contributed by atoms with Gasteiger partial charge in [0.25, 0.3) is 0 Å². The van der Waals surface area contributed by atoms with Gasteiger partial charge in [-0.15, -0.1) is 0 Å². The third kappa shape index (κ3) is 4.26. The quantitative estimate of drug-likeness (QED) is 0.653. The number of ether oxygens (including phenoxy) is 1. The number of hydrogen-bond donors (Lipinski definition) is 3. The predicted molar refractivity (Wildman–Crippen MR) is 65.4 cm³/mol. The fourth-order valence-corrected chi connectivity index (χ4v) is 1.68. The van der Waals surface area contributed by atoms with Gasteiger partial charge in [-0.2, -0.15) is 0 Å². The summed E-state index contributed by atoms with van der Waals surface area (Å²) in [4.78, 5) is 11.8. The summed E-state index contributed by atoms with van der Waals surface area (Å²) in [6, 6.07) is -0.564. The highest BCUT2D eigenvalue weighted by molar-refractivity contribution is 5.82. The lowest BCUT2D eigenvalue weighted by atomic mass is 9.86. The Kier molecular flexibility index (Phi) is 4.52. The van der Waals surface area contributed by atoms with E-state index in [1.54, 1.807) is 0 Å². The van der Waals surface area contributed by atoms with Gasteiger partial charge in [-0.3, -0.25) is 4.79 Å². The van der Waals surface area contributed by atoms with Crippen molar-refractivity contribution >= 4 is 5.91 Å². The molecule has 5 heteroatoms. The van der Waals surface area contributed by atoms with Gasteiger partial charge in [0, 0.05) is 32.6 Å². The van der Waals surface area contributed by atoms with Crippen LogP contribution in [0.15, 0.2) is 0 Å². The highest BCUT2D eigenvalue weighted by Crippen LogP contribution is 2.20. The maximum absolute atomic E-state index is 11.8. The molecule has 0 unspecified atom stereocenters. The van der Waals surface area contributed by atoms with Crippen molar-refractivity contribution in [1.29, 1.82) is 0 Å². The Morgan fingerprint density at radius 2 is 2.00 bits per heavy atom. The molecule has 0 saturated carbocycles. The van der Waals surface area contributed by atoms with Crippen LogP contribution in [0.25, 0.3) is 0 Å². The first kappa shape index (κ1) is 14.4. The number of nitrogens with one attached hydrogen (secondary N) is 1. The van der Waals surface area contributed by atoms with Crippen molar-refractivity contribution in [2.75, 3.05) is 19.8 Å². The molecule has 1 saturated heterocycles. The van der Waals surface area contributed by atoms with Gasteiger partial charge in [-0.25, -0.2) is 0 Å². The molecule has 1 heterocycles. The van der Waals surface area contributed by atoms with Gasteiger partial charge in [0.15, 0.2) is 0 Å². The largest absolute Gasteiger partial charge is 0.388 e. The first-order valence-corrected chi connectivity index (χ1v) is 6.08. The van der Waals surface area contributed by atoms with Crippen LogP contribution in [0, 0.1) is 5.41 Å². The third-order valence-electron chi connectivity index (χ3n) is 3.23. The summed E-state index contributed by atoms with van der Waals surface area (Å²) in [5.41, 5.74) is 4.72. The lowest BCUT2D eigenvalue weighted by molar-refractivity contribution is -0.127. The van der Waals surface area contributed by atoms with E-state index in [4.69, 9.17) is 10.5 Å². The predicted octanol–water partition coefficient (Wildman–Crippen LogP) is 0.0175. The third-order valence-corrected chi connectivity index (χ3v) is 3.23. The van der Waals surface area contributed by atoms with E-state index in [-0.39, 0.29) is 17.9 Å². The summed E-state index contributed by atoms with van der Waals surface area (Å²) in [6.45, 7) is 7.08. The number of hydrogen-bond acceptors (Lipinski definition) is 4. The summed E-state index contributed by atoms with van der Waals surface area (Å²) < 4.78 is 5.18. The molecule has 0 aromatic rings. The highest BCUT2D eigenvalue weighted by Gasteiger charge is 2.32. The lowest BCUT2D eigenvalue weighted by Crippen LogP contribution is -2.53. The zero-order valence-electron chi connectivity index (χ0n) is 11.0. The Hall–Kier alpha value is -0.650. The SMILES string of the molecule is CC(C)(C)[C@@H](N)C(=O)NCC1(O)CCOCC1. The van der Waals surface area contributed by atoms with Crippen molar-refractivity contribution in [2.24, 2.45) is 11.1 Å². The van der Waals surface area contributed by atoms with E-state index < -0.39 is 11.6 Å². The zero-order valence-corrected chi connectivity index (χ0v) is 11.0. The first-order valence-electron chi connectivity index (χ1n) is 6.08. The lowest BCUT2D eigenvalue weighted by Gasteiger charge is -2.33. The molecule has 0 aromatic heterocycles. The second kappa shape index (κ2) is 5.33. The van der Waals surface area contributed by atoms with Crippen molar-refractivity contribution in [1.82, 2.24) is 5.32 Å². The van der Waals surface area contributed by atoms with Gasteiger partial charge in [-0.05, 0) is 5.41 Å². The summed E-state index contributed by atoms with van der Waals surface area (Å²) in [5, 5.41) is 12.9. The fourth-order valence-electron chi connectivity index (χ4n) is 1.68. The Labute approximate surface area is 103 Å². The second-order valence-corrected chi connectivity index (χ2v) is 5.90. The van der Waals surface area contributed by atoms with Crippen molar-refractivity contribution in [3.63, 3.8) is 0 Å². The van der Waals surface area contributed by atoms with E-state index >= 15 is 0 Å². The normalized spacial score (nSPS) is 21.9. The van der Waals surface area contributed by atoms with Gasteiger partial charge in [0.05, 0.1) is 11.6 Å². The molecule has 0 spiro atoms. The van der Waals surface area contributed by atoms with Crippen molar-refractivity contribution in [3.05, 3.63) is 0 Å². The average Bonchev–Trinajstić information content (AvgIpc) is 2.25. The van der Waals surface area contributed by atoms with Crippen LogP contribution in [-0.2, 0) is 9.53 Å². The molecule has 1 aliphatic heterocycles. The monoisotopic (exact) mass is 244 g/mol. The van der Waals surface area contributed by atoms with Gasteiger partial charge in [0.2, 0.25) is 5.91 Å². The molecule has 1 amide bonds. The van der Waals surface area contributed by atoms with Gasteiger partial charge in [0.1, 0.15) is 0 Å². The van der Waals surface area contributed by atoms with Gasteiger partial charge < -0.3 is 20.9 Å². The Morgan fingerprint density at radius 1 is 1.47 bits per heavy atom. The van der Waals surface area contributed by atoms with E-state index in [2.05, 4.69) is 5.32 Å². The molecule has 0 aromatic carbocycles. The summed E-state index contributed by atoms with van der Waals surface area (Å²) >= 11 is 0. The minimum absolute atomic E-state index is 0.211. The summed E-state index contributed by atoms with van der Waals surface area (Å²) in [5.74, 6) is -0.211. The van der Waals surface area contributed by atoms with Crippen molar-refractivity contribution in [2.45, 2.75) is 45.3 Å². The van der Waals surface area contributed by atoms with Crippen LogP contribution in [0.4, 0.5) is 0 Å². The minimum Gasteiger partial charge on any atom is -0.388 e. The van der Waals surface area contributed by atoms with Crippen LogP contribution in [0.5, 0.6) is 0 Å². The van der Waals surface area contributed by atoms with Gasteiger partial charge >= 0.3 is 0 Å². The highest BCUT2D eigenvalue weighted by atomic mass is 16.5. The Balaban J connectivity index is 2.42. The molecule has 1 atom stereocenters. The van der Waals surface area contributed by atoms with E-state index in [0.717, 1.165) is 0 Å². The topological polar surface area (TPSA) is 84.6 Å². The van der Waals surface area contributed by atoms with Crippen LogP contribution in [0.1, 0.15) is 33.6 Å². The number of nitrogens with two attached hydrogens (primary N) is 1. The van der Waals surface area contributed by atoms with Crippen LogP contribution < -0.4 is 11.1 Å². The molecule has 0 radical (unpaired) electrons. The standard InChI is InChI=1S/C12H24N2O3/c1-11(2,3)9(13)10(15)14-8-12(16)4-6-17-7-5-12/h9,16H,4-8,13H2,1-3H3,(H,14,15)/t9-/m0/s1. The second-order valence-electron chi connectivity index (χ2n) is 5.90. The number of carbonyl (C=O) groups excluding carboxylic acids is 1. The summed E-state index contributed by atoms with van der Waals surface area (Å²) in [7, 11) is 0. The van der Waals surface area contributed by atoms with E-state index in [0.29, 0.717) is 26.1 Å². The molecule has 1 rings (SSSR count). The molecule has 1 fully saturated rings. The minimum atomic E-state index is -0.842. The average molecular weight is 244 g/mol. The van der Waals surface area contributed by atoms with Crippen LogP contribution in [0.2, 0.25) is 0 Å². The Bertz CT molecular complexity index is 267. The molecule has 4 N–H and O–H groups in total. The molecule has 0 bridgehead atoms. The van der Waals surface area contributed by atoms with E-state index in [9.17, 15) is 9.90 Å². The molecular formula is C12H24N2O3. The van der Waals surface area contributed by atoms with Crippen molar-refractivity contribution < 1.29 is 14.6 Å². The van der Waals surface area contributed by atoms with Gasteiger partial charge in [-0.1, -0.05) is 20.8 Å². The van der Waals surface area contributed by atoms with Crippen LogP contribution in [-0.4, -0.2) is 42.4 Å². The van der Waals surface area contributed by atoms with Crippen molar-refractivity contribution in [3.8, 4) is 0 Å². The maximum atomic E-state index is 11.8. The molecule has 100 valence electrons. The number of amides is 1. The summed E-state index contributed by atoms with van der Waals surface area (Å²) in [6.07, 6.45) is 1.11. The zero-order chi connectivity index (χ0) is 13.1. The van der Waals surface area contributed by atoms with Crippen LogP contribution in [0.3, 0.4) is 0 Å². The molecular weight excluding hydrogens is 220 g/mol. The molecule has 0 aliphatic carbocycles. The smallest absolute Gasteiger partial charge is 0.237 e. The molecule has 17 heavy (non-hydrogen) atoms. The number of rotatable bonds is 3. The van der Waals surface area contributed by atoms with E-state index in [1.807, 2.05) is 20.8 Å². The van der Waals surface area contributed by atoms with E-state index in [1.165, 1.54) is 0 Å². The number of aliphatic hydroxyl groups is 1. The first-order chi connectivity index (χ1) is 7.75. The molecule has 5 nitrogen and oxygen atoms in total. The maximum Gasteiger partial charge on any atom is 0.237 e. The molecule has 1 aliphatic rings. The fraction of sp³-hybridized carbons (Fsp3) is 0.917. The van der Waals surface area contributed by atoms with Crippen LogP contribution >= 0.6 is 0 Å². The number of carbonyl (C=O) groups is 1.